The molecule has 0 aliphatic carbocycles. The quantitative estimate of drug-likeness (QED) is 0.530. The Morgan fingerprint density at radius 1 is 1.00 bits per heavy atom. The number of anilines is 1. The third kappa shape index (κ3) is 4.32. The van der Waals surface area contributed by atoms with Gasteiger partial charge >= 0.3 is 0 Å². The van der Waals surface area contributed by atoms with Crippen molar-refractivity contribution < 1.29 is 9.53 Å². The molecule has 4 rings (SSSR count). The molecular weight excluding hydrogens is 398 g/mol. The van der Waals surface area contributed by atoms with Crippen molar-refractivity contribution in [1.29, 1.82) is 0 Å². The first-order chi connectivity index (χ1) is 14.9. The molecule has 156 valence electrons. The highest BCUT2D eigenvalue weighted by Crippen LogP contribution is 2.25. The summed E-state index contributed by atoms with van der Waals surface area (Å²) in [5.41, 5.74) is 0.935. The number of rotatable bonds is 5. The lowest BCUT2D eigenvalue weighted by molar-refractivity contribution is 0.102. The molecule has 0 fully saturated rings. The Labute approximate surface area is 177 Å². The van der Waals surface area contributed by atoms with E-state index in [2.05, 4.69) is 25.3 Å². The van der Waals surface area contributed by atoms with E-state index in [4.69, 9.17) is 4.74 Å². The Kier molecular flexibility index (Phi) is 5.27. The molecule has 10 nitrogen and oxygen atoms in total. The number of nitrogens with zero attached hydrogens (tertiary/aromatic N) is 6. The van der Waals surface area contributed by atoms with Crippen LogP contribution in [0.5, 0.6) is 11.5 Å². The van der Waals surface area contributed by atoms with Crippen LogP contribution < -0.4 is 15.6 Å². The number of pyridine rings is 2. The zero-order valence-electron chi connectivity index (χ0n) is 17.1. The summed E-state index contributed by atoms with van der Waals surface area (Å²) >= 11 is 0. The van der Waals surface area contributed by atoms with E-state index in [1.54, 1.807) is 50.8 Å². The van der Waals surface area contributed by atoms with Crippen molar-refractivity contribution in [3.8, 4) is 22.9 Å². The van der Waals surface area contributed by atoms with Crippen molar-refractivity contribution in [1.82, 2.24) is 29.1 Å². The van der Waals surface area contributed by atoms with Crippen LogP contribution in [0.3, 0.4) is 0 Å². The maximum atomic E-state index is 12.4. The van der Waals surface area contributed by atoms with Crippen molar-refractivity contribution in [2.24, 2.45) is 14.1 Å². The highest BCUT2D eigenvalue weighted by atomic mass is 16.5. The fourth-order valence-corrected chi connectivity index (χ4v) is 2.78. The van der Waals surface area contributed by atoms with Gasteiger partial charge < -0.3 is 14.6 Å². The van der Waals surface area contributed by atoms with E-state index in [9.17, 15) is 9.59 Å². The van der Waals surface area contributed by atoms with Crippen molar-refractivity contribution in [2.75, 3.05) is 5.32 Å². The molecule has 0 aromatic carbocycles. The number of nitrogens with one attached hydrogen (secondary N) is 1. The van der Waals surface area contributed by atoms with Crippen LogP contribution in [0.1, 0.15) is 16.2 Å². The molecule has 1 amide bonds. The lowest BCUT2D eigenvalue weighted by atomic mass is 10.3. The minimum atomic E-state index is -0.580. The van der Waals surface area contributed by atoms with Crippen LogP contribution in [-0.2, 0) is 14.1 Å². The number of aryl methyl sites for hydroxylation is 2. The van der Waals surface area contributed by atoms with Gasteiger partial charge in [-0.1, -0.05) is 0 Å². The summed E-state index contributed by atoms with van der Waals surface area (Å²) in [6.45, 7) is 1.69. The molecule has 0 spiro atoms. The zero-order chi connectivity index (χ0) is 22.0. The molecule has 0 atom stereocenters. The van der Waals surface area contributed by atoms with E-state index in [0.717, 1.165) is 5.69 Å². The minimum Gasteiger partial charge on any atom is -0.456 e. The van der Waals surface area contributed by atoms with Crippen LogP contribution in [0.4, 0.5) is 5.82 Å². The van der Waals surface area contributed by atoms with Gasteiger partial charge in [-0.2, -0.15) is 0 Å². The predicted octanol–water partition coefficient (Wildman–Crippen LogP) is 2.32. The number of imidazole rings is 1. The molecule has 0 saturated carbocycles. The largest absolute Gasteiger partial charge is 0.456 e. The molecule has 0 saturated heterocycles. The Hall–Kier alpha value is -4.34. The molecule has 4 heterocycles. The first kappa shape index (κ1) is 20.0. The highest BCUT2D eigenvalue weighted by molar-refractivity contribution is 6.03. The average molecular weight is 417 g/mol. The first-order valence-electron chi connectivity index (χ1n) is 9.33. The van der Waals surface area contributed by atoms with Crippen LogP contribution in [0, 0.1) is 6.92 Å². The molecule has 0 bridgehead atoms. The van der Waals surface area contributed by atoms with E-state index < -0.39 is 11.5 Å². The summed E-state index contributed by atoms with van der Waals surface area (Å²) in [5, 5.41) is 2.59. The number of hydrogen-bond donors (Lipinski definition) is 1. The smallest absolute Gasteiger partial charge is 0.266 e. The molecule has 0 radical (unpaired) electrons. The van der Waals surface area contributed by atoms with Gasteiger partial charge in [0.05, 0.1) is 18.2 Å². The minimum absolute atomic E-state index is 0.0611. The van der Waals surface area contributed by atoms with Gasteiger partial charge in [-0.05, 0) is 25.1 Å². The van der Waals surface area contributed by atoms with Crippen LogP contribution in [-0.4, -0.2) is 35.0 Å². The molecule has 31 heavy (non-hydrogen) atoms. The Morgan fingerprint density at radius 3 is 2.55 bits per heavy atom. The molecule has 1 N–H and O–H groups in total. The highest BCUT2D eigenvalue weighted by Gasteiger charge is 2.14. The summed E-state index contributed by atoms with van der Waals surface area (Å²) in [7, 11) is 3.44. The normalized spacial score (nSPS) is 10.7. The summed E-state index contributed by atoms with van der Waals surface area (Å²) in [6.07, 6.45) is 7.93. The summed E-state index contributed by atoms with van der Waals surface area (Å²) in [4.78, 5) is 41.4. The summed E-state index contributed by atoms with van der Waals surface area (Å²) < 4.78 is 8.98. The van der Waals surface area contributed by atoms with Crippen molar-refractivity contribution >= 4 is 11.7 Å². The Balaban J connectivity index is 1.46. The van der Waals surface area contributed by atoms with E-state index in [1.807, 2.05) is 17.8 Å². The van der Waals surface area contributed by atoms with E-state index >= 15 is 0 Å². The topological polar surface area (TPSA) is 117 Å². The fraction of sp³-hybridized carbons (Fsp3) is 0.143. The number of amides is 1. The van der Waals surface area contributed by atoms with Gasteiger partial charge in [0, 0.05) is 38.8 Å². The Morgan fingerprint density at radius 2 is 1.84 bits per heavy atom. The average Bonchev–Trinajstić information content (AvgIpc) is 3.20. The van der Waals surface area contributed by atoms with E-state index in [1.165, 1.54) is 17.0 Å². The van der Waals surface area contributed by atoms with Gasteiger partial charge in [0.1, 0.15) is 34.4 Å². The molecule has 0 unspecified atom stereocenters. The van der Waals surface area contributed by atoms with Crippen LogP contribution >= 0.6 is 0 Å². The lowest BCUT2D eigenvalue weighted by Crippen LogP contribution is -2.29. The van der Waals surface area contributed by atoms with Crippen LogP contribution in [0.2, 0.25) is 0 Å². The first-order valence-corrected chi connectivity index (χ1v) is 9.33. The van der Waals surface area contributed by atoms with Gasteiger partial charge in [0.25, 0.3) is 11.5 Å². The summed E-state index contributed by atoms with van der Waals surface area (Å²) in [6, 6.07) is 6.75. The third-order valence-corrected chi connectivity index (χ3v) is 4.56. The SMILES string of the molecule is Cc1ncc(C(=O)Nc2ccc(Oc3ccnc(-c4cn(C)cn4)c3)cn2)c(=O)n1C. The number of aromatic nitrogens is 6. The van der Waals surface area contributed by atoms with Gasteiger partial charge in [-0.15, -0.1) is 0 Å². The van der Waals surface area contributed by atoms with Crippen LogP contribution in [0.15, 0.2) is 60.2 Å². The predicted molar refractivity (Wildman–Crippen MR) is 113 cm³/mol. The number of ether oxygens (including phenoxy) is 1. The molecule has 4 aromatic heterocycles. The number of carbonyl (C=O) groups is 1. The third-order valence-electron chi connectivity index (χ3n) is 4.56. The second-order valence-electron chi connectivity index (χ2n) is 6.82. The zero-order valence-corrected chi connectivity index (χ0v) is 17.1. The van der Waals surface area contributed by atoms with Gasteiger partial charge in [-0.3, -0.25) is 19.1 Å². The summed E-state index contributed by atoms with van der Waals surface area (Å²) in [5.74, 6) is 1.27. The number of carbonyl (C=O) groups excluding carboxylic acids is 1. The maximum absolute atomic E-state index is 12.4. The van der Waals surface area contributed by atoms with Gasteiger partial charge in [0.2, 0.25) is 0 Å². The van der Waals surface area contributed by atoms with Crippen LogP contribution in [0.25, 0.3) is 11.4 Å². The molecule has 0 aliphatic rings. The molecular formula is C21H19N7O3. The van der Waals surface area contributed by atoms with Gasteiger partial charge in [-0.25, -0.2) is 15.0 Å². The van der Waals surface area contributed by atoms with Crippen molar-refractivity contribution in [2.45, 2.75) is 6.92 Å². The molecule has 0 aliphatic heterocycles. The standard InChI is InChI=1S/C21H19N7O3/c1-13-23-10-16(21(30)28(13)3)20(29)26-19-5-4-15(9-24-19)31-14-6-7-22-17(8-14)18-11-27(2)12-25-18/h4-12H,1-3H3,(H,24,26,29). The molecule has 4 aromatic rings. The second kappa shape index (κ2) is 8.19. The Bertz CT molecular complexity index is 1310. The molecule has 10 heteroatoms. The fourth-order valence-electron chi connectivity index (χ4n) is 2.78. The second-order valence-corrected chi connectivity index (χ2v) is 6.82. The maximum Gasteiger partial charge on any atom is 0.266 e. The van der Waals surface area contributed by atoms with Crippen molar-refractivity contribution in [3.05, 3.63) is 77.1 Å². The monoisotopic (exact) mass is 417 g/mol. The number of hydrogen-bond acceptors (Lipinski definition) is 7. The van der Waals surface area contributed by atoms with E-state index in [0.29, 0.717) is 23.0 Å². The lowest BCUT2D eigenvalue weighted by Gasteiger charge is -2.09. The van der Waals surface area contributed by atoms with E-state index in [-0.39, 0.29) is 11.4 Å². The van der Waals surface area contributed by atoms with Gasteiger partial charge in [0.15, 0.2) is 0 Å². The van der Waals surface area contributed by atoms with Crippen molar-refractivity contribution in [3.63, 3.8) is 0 Å².